The molecule has 6 nitrogen and oxygen atoms in total. The summed E-state index contributed by atoms with van der Waals surface area (Å²) in [7, 11) is -4.63. The minimum Gasteiger partial charge on any atom is -0.351 e. The van der Waals surface area contributed by atoms with Gasteiger partial charge in [-0.1, -0.05) is 113 Å². The third kappa shape index (κ3) is 14.8. The minimum absolute atomic E-state index is 0.109. The first-order valence-corrected chi connectivity index (χ1v) is 16.0. The van der Waals surface area contributed by atoms with Crippen LogP contribution >= 0.6 is 7.82 Å². The standard InChI is InChI=1S/C31H48NO5P/c1-2-3-4-5-6-7-8-9-10-11-12-13-14-15-16-24-31(33)32-29(26-37-38(34,35)36)25-28-22-19-21-27-20-17-18-23-30(27)28/h9-10,17-23,29H,2-8,11-16,24-26H2,1H3,(H,32,33)(H2,34,35,36)/t29-/m0/s1. The molecule has 2 rings (SSSR count). The zero-order chi connectivity index (χ0) is 27.5. The van der Waals surface area contributed by atoms with Gasteiger partial charge in [0.2, 0.25) is 5.91 Å². The normalized spacial score (nSPS) is 12.8. The van der Waals surface area contributed by atoms with Gasteiger partial charge >= 0.3 is 7.82 Å². The van der Waals surface area contributed by atoms with Crippen LogP contribution in [0.4, 0.5) is 0 Å². The van der Waals surface area contributed by atoms with E-state index in [1.54, 1.807) is 0 Å². The Labute approximate surface area is 229 Å². The van der Waals surface area contributed by atoms with E-state index in [0.29, 0.717) is 12.8 Å². The number of allylic oxidation sites excluding steroid dienone is 2. The summed E-state index contributed by atoms with van der Waals surface area (Å²) in [5.41, 5.74) is 1.00. The maximum absolute atomic E-state index is 12.6. The largest absolute Gasteiger partial charge is 0.469 e. The quantitative estimate of drug-likeness (QED) is 0.0839. The van der Waals surface area contributed by atoms with Gasteiger partial charge < -0.3 is 15.1 Å². The molecule has 0 saturated heterocycles. The number of fused-ring (bicyclic) bond motifs is 1. The van der Waals surface area contributed by atoms with Gasteiger partial charge in [0.05, 0.1) is 12.6 Å². The molecule has 2 aromatic rings. The predicted octanol–water partition coefficient (Wildman–Crippen LogP) is 8.01. The fourth-order valence-electron chi connectivity index (χ4n) is 4.73. The minimum atomic E-state index is -4.63. The average Bonchev–Trinajstić information content (AvgIpc) is 2.89. The molecule has 3 N–H and O–H groups in total. The summed E-state index contributed by atoms with van der Waals surface area (Å²) in [6.07, 6.45) is 21.1. The van der Waals surface area contributed by atoms with Crippen molar-refractivity contribution in [1.82, 2.24) is 5.32 Å². The van der Waals surface area contributed by atoms with Gasteiger partial charge in [-0.05, 0) is 54.9 Å². The van der Waals surface area contributed by atoms with Crippen molar-refractivity contribution in [2.45, 2.75) is 109 Å². The third-order valence-electron chi connectivity index (χ3n) is 6.82. The molecule has 0 fully saturated rings. The number of nitrogens with one attached hydrogen (secondary N) is 1. The van der Waals surface area contributed by atoms with Gasteiger partial charge in [-0.3, -0.25) is 9.32 Å². The highest BCUT2D eigenvalue weighted by molar-refractivity contribution is 7.46. The van der Waals surface area contributed by atoms with Gasteiger partial charge in [-0.25, -0.2) is 4.57 Å². The molecule has 0 heterocycles. The number of hydrogen-bond acceptors (Lipinski definition) is 3. The van der Waals surface area contributed by atoms with E-state index >= 15 is 0 Å². The summed E-state index contributed by atoms with van der Waals surface area (Å²) in [5, 5.41) is 5.08. The molecule has 212 valence electrons. The number of unbranched alkanes of at least 4 members (excludes halogenated alkanes) is 11. The Balaban J connectivity index is 1.64. The average molecular weight is 546 g/mol. The Hall–Kier alpha value is -1.98. The van der Waals surface area contributed by atoms with Crippen molar-refractivity contribution in [1.29, 1.82) is 0 Å². The summed E-state index contributed by atoms with van der Waals surface area (Å²) < 4.78 is 16.0. The Morgan fingerprint density at radius 1 is 0.868 bits per heavy atom. The first kappa shape index (κ1) is 32.2. The summed E-state index contributed by atoms with van der Waals surface area (Å²) in [4.78, 5) is 30.9. The van der Waals surface area contributed by atoms with E-state index in [2.05, 4.69) is 24.4 Å². The highest BCUT2D eigenvalue weighted by Gasteiger charge is 2.21. The van der Waals surface area contributed by atoms with Gasteiger partial charge in [0.1, 0.15) is 0 Å². The fraction of sp³-hybridized carbons (Fsp3) is 0.581. The highest BCUT2D eigenvalue weighted by Crippen LogP contribution is 2.36. The second kappa shape index (κ2) is 19.1. The number of phosphoric ester groups is 1. The Morgan fingerprint density at radius 3 is 2.16 bits per heavy atom. The van der Waals surface area contributed by atoms with Crippen LogP contribution in [0, 0.1) is 0 Å². The van der Waals surface area contributed by atoms with Crippen molar-refractivity contribution in [2.75, 3.05) is 6.61 Å². The maximum Gasteiger partial charge on any atom is 0.469 e. The molecule has 0 unspecified atom stereocenters. The molecule has 38 heavy (non-hydrogen) atoms. The Bertz CT molecular complexity index is 997. The van der Waals surface area contributed by atoms with E-state index in [0.717, 1.165) is 42.0 Å². The molecule has 2 aromatic carbocycles. The molecule has 0 aliphatic rings. The Morgan fingerprint density at radius 2 is 1.47 bits per heavy atom. The van der Waals surface area contributed by atoms with Crippen molar-refractivity contribution in [3.05, 3.63) is 60.2 Å². The summed E-state index contributed by atoms with van der Waals surface area (Å²) in [5.74, 6) is -0.109. The number of hydrogen-bond donors (Lipinski definition) is 3. The van der Waals surface area contributed by atoms with Gasteiger partial charge in [0, 0.05) is 6.42 Å². The summed E-state index contributed by atoms with van der Waals surface area (Å²) in [6.45, 7) is 2.01. The van der Waals surface area contributed by atoms with Crippen LogP contribution in [0.5, 0.6) is 0 Å². The molecule has 0 radical (unpaired) electrons. The summed E-state index contributed by atoms with van der Waals surface area (Å²) >= 11 is 0. The van der Waals surface area contributed by atoms with Crippen LogP contribution in [0.15, 0.2) is 54.6 Å². The van der Waals surface area contributed by atoms with E-state index in [1.165, 1.54) is 57.8 Å². The molecule has 0 aromatic heterocycles. The van der Waals surface area contributed by atoms with Crippen LogP contribution in [0.1, 0.15) is 102 Å². The SMILES string of the molecule is CCCCCCCCC=CCCCCCCCC(=O)N[C@H](COP(=O)(O)O)Cc1cccc2ccccc12. The lowest BCUT2D eigenvalue weighted by atomic mass is 9.99. The van der Waals surface area contributed by atoms with E-state index in [9.17, 15) is 9.36 Å². The zero-order valence-electron chi connectivity index (χ0n) is 23.2. The van der Waals surface area contributed by atoms with Gasteiger partial charge in [-0.15, -0.1) is 0 Å². The van der Waals surface area contributed by atoms with Gasteiger partial charge in [-0.2, -0.15) is 0 Å². The van der Waals surface area contributed by atoms with E-state index in [1.807, 2.05) is 42.5 Å². The molecule has 0 spiro atoms. The van der Waals surface area contributed by atoms with Crippen molar-refractivity contribution < 1.29 is 23.7 Å². The molecular formula is C31H48NO5P. The smallest absolute Gasteiger partial charge is 0.351 e. The predicted molar refractivity (Wildman–Crippen MR) is 157 cm³/mol. The molecule has 0 saturated carbocycles. The molecule has 0 aliphatic heterocycles. The van der Waals surface area contributed by atoms with Crippen LogP contribution < -0.4 is 5.32 Å². The molecule has 7 heteroatoms. The number of carbonyl (C=O) groups is 1. The van der Waals surface area contributed by atoms with Crippen LogP contribution in [0.3, 0.4) is 0 Å². The zero-order valence-corrected chi connectivity index (χ0v) is 24.0. The third-order valence-corrected chi connectivity index (χ3v) is 7.31. The lowest BCUT2D eigenvalue weighted by Gasteiger charge is -2.20. The molecule has 1 atom stereocenters. The molecule has 0 bridgehead atoms. The fourth-order valence-corrected chi connectivity index (χ4v) is 5.10. The summed E-state index contributed by atoms with van der Waals surface area (Å²) in [6, 6.07) is 13.4. The van der Waals surface area contributed by atoms with Crippen LogP contribution in [-0.4, -0.2) is 28.3 Å². The monoisotopic (exact) mass is 545 g/mol. The van der Waals surface area contributed by atoms with Crippen molar-refractivity contribution >= 4 is 24.5 Å². The number of rotatable bonds is 21. The first-order valence-electron chi connectivity index (χ1n) is 14.5. The maximum atomic E-state index is 12.6. The van der Waals surface area contributed by atoms with E-state index < -0.39 is 13.9 Å². The topological polar surface area (TPSA) is 95.9 Å². The van der Waals surface area contributed by atoms with Crippen molar-refractivity contribution in [3.8, 4) is 0 Å². The van der Waals surface area contributed by atoms with Gasteiger partial charge in [0.15, 0.2) is 0 Å². The first-order chi connectivity index (χ1) is 18.4. The van der Waals surface area contributed by atoms with Crippen LogP contribution in [-0.2, 0) is 20.3 Å². The van der Waals surface area contributed by atoms with Crippen LogP contribution in [0.25, 0.3) is 10.8 Å². The number of carbonyl (C=O) groups excluding carboxylic acids is 1. The van der Waals surface area contributed by atoms with Crippen molar-refractivity contribution in [2.24, 2.45) is 0 Å². The van der Waals surface area contributed by atoms with Crippen molar-refractivity contribution in [3.63, 3.8) is 0 Å². The lowest BCUT2D eigenvalue weighted by Crippen LogP contribution is -2.39. The van der Waals surface area contributed by atoms with E-state index in [4.69, 9.17) is 14.3 Å². The van der Waals surface area contributed by atoms with E-state index in [-0.39, 0.29) is 12.5 Å². The Kier molecular flexibility index (Phi) is 16.2. The number of amides is 1. The second-order valence-electron chi connectivity index (χ2n) is 10.2. The highest BCUT2D eigenvalue weighted by atomic mass is 31.2. The molecule has 0 aliphatic carbocycles. The number of phosphoric acid groups is 1. The lowest BCUT2D eigenvalue weighted by molar-refractivity contribution is -0.122. The van der Waals surface area contributed by atoms with Gasteiger partial charge in [0.25, 0.3) is 0 Å². The molecular weight excluding hydrogens is 497 g/mol. The van der Waals surface area contributed by atoms with Crippen LogP contribution in [0.2, 0.25) is 0 Å². The second-order valence-corrected chi connectivity index (χ2v) is 11.5. The molecule has 1 amide bonds. The number of benzene rings is 2.